The molecule has 0 aliphatic heterocycles. The van der Waals surface area contributed by atoms with Gasteiger partial charge in [-0.25, -0.2) is 4.98 Å². The Kier molecular flexibility index (Phi) is 2.82. The molecule has 0 aliphatic carbocycles. The molecule has 0 amide bonds. The van der Waals surface area contributed by atoms with Crippen LogP contribution in [0.15, 0.2) is 34.6 Å². The van der Waals surface area contributed by atoms with Gasteiger partial charge in [0.05, 0.1) is 9.82 Å². The number of nitro groups is 1. The summed E-state index contributed by atoms with van der Waals surface area (Å²) in [7, 11) is 0. The summed E-state index contributed by atoms with van der Waals surface area (Å²) < 4.78 is 13.2. The molecule has 0 atom stereocenters. The summed E-state index contributed by atoms with van der Waals surface area (Å²) in [5, 5.41) is 17.2. The number of hydrogen-bond donors (Lipinski definition) is 1. The highest BCUT2D eigenvalue weighted by atomic mass is 32.2. The van der Waals surface area contributed by atoms with E-state index in [2.05, 4.69) is 15.2 Å². The van der Waals surface area contributed by atoms with Crippen LogP contribution in [0.25, 0.3) is 0 Å². The third-order valence-corrected chi connectivity index (χ3v) is 2.67. The zero-order valence-corrected chi connectivity index (χ0v) is 8.57. The maximum Gasteiger partial charge on any atom is 0.318 e. The molecular formula is C8H5FN4O2S. The normalized spacial score (nSPS) is 10.3. The summed E-state index contributed by atoms with van der Waals surface area (Å²) in [6.07, 6.45) is 1.27. The standard InChI is InChI=1S/C8H5FN4O2S/c9-5-2-1-3-6(7(5)13(14)15)16-8-10-4-11-12-8/h1-4H,(H,10,11,12). The first-order chi connectivity index (χ1) is 7.68. The van der Waals surface area contributed by atoms with Gasteiger partial charge in [0.25, 0.3) is 0 Å². The lowest BCUT2D eigenvalue weighted by molar-refractivity contribution is -0.390. The first-order valence-electron chi connectivity index (χ1n) is 4.14. The first kappa shape index (κ1) is 10.6. The van der Waals surface area contributed by atoms with Gasteiger partial charge < -0.3 is 0 Å². The summed E-state index contributed by atoms with van der Waals surface area (Å²) in [4.78, 5) is 13.9. The van der Waals surface area contributed by atoms with E-state index in [-0.39, 0.29) is 4.90 Å². The number of nitro benzene ring substituents is 1. The Morgan fingerprint density at radius 3 is 2.94 bits per heavy atom. The van der Waals surface area contributed by atoms with Crippen molar-refractivity contribution in [1.29, 1.82) is 0 Å². The fourth-order valence-corrected chi connectivity index (χ4v) is 1.92. The molecule has 8 heteroatoms. The van der Waals surface area contributed by atoms with Gasteiger partial charge in [0.15, 0.2) is 5.16 Å². The Morgan fingerprint density at radius 2 is 2.31 bits per heavy atom. The molecule has 1 aromatic heterocycles. The highest BCUT2D eigenvalue weighted by Crippen LogP contribution is 2.34. The lowest BCUT2D eigenvalue weighted by atomic mass is 10.3. The molecule has 0 spiro atoms. The summed E-state index contributed by atoms with van der Waals surface area (Å²) in [5.41, 5.74) is -0.552. The number of aromatic nitrogens is 3. The number of nitrogens with one attached hydrogen (secondary N) is 1. The van der Waals surface area contributed by atoms with Crippen molar-refractivity contribution in [3.8, 4) is 0 Å². The summed E-state index contributed by atoms with van der Waals surface area (Å²) in [6.45, 7) is 0. The van der Waals surface area contributed by atoms with Gasteiger partial charge in [0.2, 0.25) is 5.82 Å². The van der Waals surface area contributed by atoms with Crippen molar-refractivity contribution in [2.24, 2.45) is 0 Å². The molecule has 0 radical (unpaired) electrons. The molecule has 2 aromatic rings. The highest BCUT2D eigenvalue weighted by Gasteiger charge is 2.21. The van der Waals surface area contributed by atoms with E-state index in [1.54, 1.807) is 0 Å². The van der Waals surface area contributed by atoms with Crippen molar-refractivity contribution in [1.82, 2.24) is 15.2 Å². The van der Waals surface area contributed by atoms with Crippen molar-refractivity contribution in [2.75, 3.05) is 0 Å². The van der Waals surface area contributed by atoms with Gasteiger partial charge in [-0.3, -0.25) is 15.2 Å². The third kappa shape index (κ3) is 2.01. The largest absolute Gasteiger partial charge is 0.318 e. The lowest BCUT2D eigenvalue weighted by Gasteiger charge is -2.00. The monoisotopic (exact) mass is 240 g/mol. The molecule has 0 aliphatic rings. The molecule has 0 saturated heterocycles. The SMILES string of the molecule is O=[N+]([O-])c1c(F)cccc1Sc1ncn[nH]1. The molecule has 1 heterocycles. The molecule has 1 aromatic carbocycles. The van der Waals surface area contributed by atoms with Crippen LogP contribution < -0.4 is 0 Å². The van der Waals surface area contributed by atoms with Gasteiger partial charge in [-0.15, -0.1) is 0 Å². The van der Waals surface area contributed by atoms with Gasteiger partial charge >= 0.3 is 5.69 Å². The molecule has 0 unspecified atom stereocenters. The molecule has 6 nitrogen and oxygen atoms in total. The molecular weight excluding hydrogens is 235 g/mol. The summed E-state index contributed by atoms with van der Waals surface area (Å²) in [5.74, 6) is -0.866. The minimum absolute atomic E-state index is 0.182. The number of rotatable bonds is 3. The molecule has 0 fully saturated rings. The lowest BCUT2D eigenvalue weighted by Crippen LogP contribution is -1.94. The fourth-order valence-electron chi connectivity index (χ4n) is 1.10. The van der Waals surface area contributed by atoms with Crippen LogP contribution in [0, 0.1) is 15.9 Å². The molecule has 82 valence electrons. The van der Waals surface area contributed by atoms with Gasteiger partial charge in [-0.1, -0.05) is 6.07 Å². The minimum atomic E-state index is -0.866. The number of halogens is 1. The first-order valence-corrected chi connectivity index (χ1v) is 4.96. The summed E-state index contributed by atoms with van der Waals surface area (Å²) in [6, 6.07) is 3.90. The van der Waals surface area contributed by atoms with E-state index >= 15 is 0 Å². The molecule has 1 N–H and O–H groups in total. The predicted molar refractivity (Wildman–Crippen MR) is 53.6 cm³/mol. The van der Waals surface area contributed by atoms with E-state index in [4.69, 9.17) is 0 Å². The van der Waals surface area contributed by atoms with Crippen LogP contribution in [0.1, 0.15) is 0 Å². The molecule has 16 heavy (non-hydrogen) atoms. The number of H-pyrrole nitrogens is 1. The van der Waals surface area contributed by atoms with Crippen LogP contribution in [0.2, 0.25) is 0 Å². The third-order valence-electron chi connectivity index (χ3n) is 1.73. The van der Waals surface area contributed by atoms with E-state index in [0.717, 1.165) is 17.8 Å². The second-order valence-corrected chi connectivity index (χ2v) is 3.77. The minimum Gasteiger partial charge on any atom is -0.258 e. The van der Waals surface area contributed by atoms with Crippen molar-refractivity contribution in [3.63, 3.8) is 0 Å². The Hall–Kier alpha value is -1.96. The van der Waals surface area contributed by atoms with Gasteiger partial charge in [0, 0.05) is 0 Å². The zero-order chi connectivity index (χ0) is 11.5. The Bertz CT molecular complexity index is 517. The van der Waals surface area contributed by atoms with Gasteiger partial charge in [0.1, 0.15) is 6.33 Å². The zero-order valence-electron chi connectivity index (χ0n) is 7.75. The second-order valence-electron chi connectivity index (χ2n) is 2.74. The van der Waals surface area contributed by atoms with E-state index < -0.39 is 16.4 Å². The van der Waals surface area contributed by atoms with Crippen LogP contribution in [0.3, 0.4) is 0 Å². The Balaban J connectivity index is 2.40. The molecule has 0 bridgehead atoms. The summed E-state index contributed by atoms with van der Waals surface area (Å²) >= 11 is 0.953. The van der Waals surface area contributed by atoms with Crippen LogP contribution in [-0.4, -0.2) is 20.1 Å². The van der Waals surface area contributed by atoms with Crippen LogP contribution in [0.5, 0.6) is 0 Å². The smallest absolute Gasteiger partial charge is 0.258 e. The topological polar surface area (TPSA) is 84.7 Å². The maximum absolute atomic E-state index is 13.2. The fraction of sp³-hybridized carbons (Fsp3) is 0. The van der Waals surface area contributed by atoms with Crippen molar-refractivity contribution in [3.05, 3.63) is 40.5 Å². The molecule has 0 saturated carbocycles. The van der Waals surface area contributed by atoms with E-state index in [9.17, 15) is 14.5 Å². The quantitative estimate of drug-likeness (QED) is 0.655. The number of aromatic amines is 1. The number of nitrogens with zero attached hydrogens (tertiary/aromatic N) is 3. The maximum atomic E-state index is 13.2. The van der Waals surface area contributed by atoms with E-state index in [0.29, 0.717) is 5.16 Å². The predicted octanol–water partition coefficient (Wildman–Crippen LogP) is 2.00. The second kappa shape index (κ2) is 4.27. The Morgan fingerprint density at radius 1 is 1.50 bits per heavy atom. The van der Waals surface area contributed by atoms with Crippen molar-refractivity contribution >= 4 is 17.4 Å². The van der Waals surface area contributed by atoms with Gasteiger partial charge in [-0.05, 0) is 23.9 Å². The van der Waals surface area contributed by atoms with Gasteiger partial charge in [-0.2, -0.15) is 9.49 Å². The Labute approximate surface area is 93.0 Å². The molecule has 2 rings (SSSR count). The number of para-hydroxylation sites is 1. The van der Waals surface area contributed by atoms with E-state index in [1.165, 1.54) is 18.5 Å². The number of hydrogen-bond acceptors (Lipinski definition) is 5. The van der Waals surface area contributed by atoms with Crippen molar-refractivity contribution in [2.45, 2.75) is 10.1 Å². The van der Waals surface area contributed by atoms with Crippen LogP contribution >= 0.6 is 11.8 Å². The number of benzene rings is 1. The van der Waals surface area contributed by atoms with Crippen LogP contribution in [0.4, 0.5) is 10.1 Å². The van der Waals surface area contributed by atoms with E-state index in [1.807, 2.05) is 0 Å². The van der Waals surface area contributed by atoms with Crippen molar-refractivity contribution < 1.29 is 9.31 Å². The average Bonchev–Trinajstić information content (AvgIpc) is 2.70. The highest BCUT2D eigenvalue weighted by molar-refractivity contribution is 7.99. The van der Waals surface area contributed by atoms with Crippen LogP contribution in [-0.2, 0) is 0 Å². The average molecular weight is 240 g/mol.